The van der Waals surface area contributed by atoms with Crippen LogP contribution < -0.4 is 5.56 Å². The predicted octanol–water partition coefficient (Wildman–Crippen LogP) is 4.32. The zero-order chi connectivity index (χ0) is 18.1. The number of fused-ring (bicyclic) bond motifs is 1. The van der Waals surface area contributed by atoms with Gasteiger partial charge in [0.15, 0.2) is 5.16 Å². The number of thioether (sulfide) groups is 1. The van der Waals surface area contributed by atoms with Crippen molar-refractivity contribution < 1.29 is 4.39 Å². The second-order valence-electron chi connectivity index (χ2n) is 5.29. The quantitative estimate of drug-likeness (QED) is 0.374. The topological polar surface area (TPSA) is 60.7 Å². The maximum atomic E-state index is 14.4. The first-order valence-corrected chi connectivity index (χ1v) is 9.65. The monoisotopic (exact) mass is 404 g/mol. The molecule has 4 rings (SSSR count). The SMILES string of the molecule is O=c1c2ccccc2nc(SCc2nnsc2Cl)n1-c1ccccc1F. The fourth-order valence-electron chi connectivity index (χ4n) is 2.47. The van der Waals surface area contributed by atoms with Gasteiger partial charge in [0.1, 0.15) is 15.8 Å². The predicted molar refractivity (Wildman–Crippen MR) is 102 cm³/mol. The van der Waals surface area contributed by atoms with E-state index in [1.807, 2.05) is 0 Å². The normalized spacial score (nSPS) is 11.2. The summed E-state index contributed by atoms with van der Waals surface area (Å²) in [4.78, 5) is 17.6. The van der Waals surface area contributed by atoms with Crippen LogP contribution in [-0.4, -0.2) is 19.1 Å². The molecule has 9 heteroatoms. The third-order valence-electron chi connectivity index (χ3n) is 3.69. The highest BCUT2D eigenvalue weighted by atomic mass is 35.5. The summed E-state index contributed by atoms with van der Waals surface area (Å²) in [5.74, 6) is -0.129. The summed E-state index contributed by atoms with van der Waals surface area (Å²) in [5.41, 5.74) is 0.977. The van der Waals surface area contributed by atoms with Crippen LogP contribution in [0.15, 0.2) is 58.5 Å². The maximum absolute atomic E-state index is 14.4. The van der Waals surface area contributed by atoms with Crippen molar-refractivity contribution in [1.29, 1.82) is 0 Å². The Kier molecular flexibility index (Phi) is 4.71. The molecule has 0 unspecified atom stereocenters. The average molecular weight is 405 g/mol. The van der Waals surface area contributed by atoms with E-state index in [1.165, 1.54) is 22.4 Å². The molecular formula is C17H10ClFN4OS2. The zero-order valence-electron chi connectivity index (χ0n) is 13.1. The van der Waals surface area contributed by atoms with E-state index in [4.69, 9.17) is 11.6 Å². The first-order valence-electron chi connectivity index (χ1n) is 7.51. The molecule has 0 amide bonds. The van der Waals surface area contributed by atoms with Crippen LogP contribution in [0.4, 0.5) is 4.39 Å². The van der Waals surface area contributed by atoms with Gasteiger partial charge in [-0.1, -0.05) is 52.1 Å². The number of aromatic nitrogens is 4. The largest absolute Gasteiger partial charge is 0.268 e. The lowest BCUT2D eigenvalue weighted by atomic mass is 10.2. The molecule has 0 spiro atoms. The summed E-state index contributed by atoms with van der Waals surface area (Å²) in [7, 11) is 0. The molecule has 0 bridgehead atoms. The molecule has 0 aliphatic heterocycles. The Morgan fingerprint density at radius 2 is 1.92 bits per heavy atom. The second kappa shape index (κ2) is 7.14. The van der Waals surface area contributed by atoms with Gasteiger partial charge in [0.2, 0.25) is 0 Å². The summed E-state index contributed by atoms with van der Waals surface area (Å²) >= 11 is 8.39. The van der Waals surface area contributed by atoms with Crippen LogP contribution in [0.25, 0.3) is 16.6 Å². The fourth-order valence-corrected chi connectivity index (χ4v) is 4.21. The molecular weight excluding hydrogens is 395 g/mol. The lowest BCUT2D eigenvalue weighted by Gasteiger charge is -2.13. The Morgan fingerprint density at radius 1 is 1.15 bits per heavy atom. The minimum absolute atomic E-state index is 0.153. The van der Waals surface area contributed by atoms with Gasteiger partial charge >= 0.3 is 0 Å². The summed E-state index contributed by atoms with van der Waals surface area (Å²) in [6.45, 7) is 0. The molecule has 0 atom stereocenters. The van der Waals surface area contributed by atoms with E-state index < -0.39 is 5.82 Å². The van der Waals surface area contributed by atoms with Crippen molar-refractivity contribution in [1.82, 2.24) is 19.1 Å². The highest BCUT2D eigenvalue weighted by molar-refractivity contribution is 7.98. The number of nitrogens with zero attached hydrogens (tertiary/aromatic N) is 4. The first kappa shape index (κ1) is 17.1. The van der Waals surface area contributed by atoms with Crippen LogP contribution in [0.1, 0.15) is 5.69 Å². The Balaban J connectivity index is 1.89. The van der Waals surface area contributed by atoms with E-state index in [2.05, 4.69) is 14.6 Å². The van der Waals surface area contributed by atoms with Crippen molar-refractivity contribution in [2.45, 2.75) is 10.9 Å². The van der Waals surface area contributed by atoms with Crippen LogP contribution in [0.2, 0.25) is 4.34 Å². The van der Waals surface area contributed by atoms with E-state index in [9.17, 15) is 9.18 Å². The van der Waals surface area contributed by atoms with E-state index in [-0.39, 0.29) is 11.2 Å². The lowest BCUT2D eigenvalue weighted by molar-refractivity contribution is 0.608. The standard InChI is InChI=1S/C17H10ClFN4OS2/c18-15-13(21-22-26-15)9-25-17-20-12-7-3-1-5-10(12)16(24)23(17)14-8-4-2-6-11(14)19/h1-8H,9H2. The number of rotatable bonds is 4. The Hall–Kier alpha value is -2.29. The van der Waals surface area contributed by atoms with Gasteiger partial charge in [-0.05, 0) is 24.3 Å². The molecule has 0 fully saturated rings. The van der Waals surface area contributed by atoms with Crippen molar-refractivity contribution in [3.63, 3.8) is 0 Å². The van der Waals surface area contributed by atoms with E-state index in [0.29, 0.717) is 31.8 Å². The summed E-state index contributed by atoms with van der Waals surface area (Å²) in [5, 5.41) is 4.75. The molecule has 0 saturated carbocycles. The van der Waals surface area contributed by atoms with E-state index in [1.54, 1.807) is 42.5 Å². The van der Waals surface area contributed by atoms with Gasteiger partial charge in [-0.3, -0.25) is 9.36 Å². The van der Waals surface area contributed by atoms with Gasteiger partial charge in [0, 0.05) is 17.3 Å². The minimum Gasteiger partial charge on any atom is -0.268 e. The Morgan fingerprint density at radius 3 is 2.69 bits per heavy atom. The van der Waals surface area contributed by atoms with Crippen molar-refractivity contribution >= 4 is 45.8 Å². The van der Waals surface area contributed by atoms with Gasteiger partial charge in [-0.15, -0.1) is 5.10 Å². The molecule has 4 aromatic rings. The Labute approximate surface area is 160 Å². The third kappa shape index (κ3) is 3.11. The lowest BCUT2D eigenvalue weighted by Crippen LogP contribution is -2.22. The van der Waals surface area contributed by atoms with Crippen molar-refractivity contribution in [2.24, 2.45) is 0 Å². The van der Waals surface area contributed by atoms with Gasteiger partial charge in [0.05, 0.1) is 16.6 Å². The number of halogens is 2. The van der Waals surface area contributed by atoms with Crippen molar-refractivity contribution in [3.8, 4) is 5.69 Å². The summed E-state index contributed by atoms with van der Waals surface area (Å²) in [6.07, 6.45) is 0. The number of benzene rings is 2. The molecule has 0 radical (unpaired) electrons. The summed E-state index contributed by atoms with van der Waals surface area (Å²) < 4.78 is 19.9. The minimum atomic E-state index is -0.498. The molecule has 5 nitrogen and oxygen atoms in total. The maximum Gasteiger partial charge on any atom is 0.266 e. The van der Waals surface area contributed by atoms with Crippen molar-refractivity contribution in [3.05, 3.63) is 74.7 Å². The number of hydrogen-bond donors (Lipinski definition) is 0. The fraction of sp³-hybridized carbons (Fsp3) is 0.0588. The highest BCUT2D eigenvalue weighted by Crippen LogP contribution is 2.28. The Bertz CT molecular complexity index is 1160. The zero-order valence-corrected chi connectivity index (χ0v) is 15.5. The number of para-hydroxylation sites is 2. The number of hydrogen-bond acceptors (Lipinski definition) is 6. The van der Waals surface area contributed by atoms with Gasteiger partial charge in [0.25, 0.3) is 5.56 Å². The van der Waals surface area contributed by atoms with Crippen LogP contribution in [0.5, 0.6) is 0 Å². The van der Waals surface area contributed by atoms with Crippen LogP contribution >= 0.6 is 34.9 Å². The first-order chi connectivity index (χ1) is 12.6. The van der Waals surface area contributed by atoms with E-state index >= 15 is 0 Å². The third-order valence-corrected chi connectivity index (χ3v) is 5.62. The van der Waals surface area contributed by atoms with Gasteiger partial charge in [-0.25, -0.2) is 9.37 Å². The summed E-state index contributed by atoms with van der Waals surface area (Å²) in [6, 6.07) is 13.1. The molecule has 0 N–H and O–H groups in total. The second-order valence-corrected chi connectivity index (χ2v) is 7.58. The molecule has 2 heterocycles. The molecule has 2 aromatic carbocycles. The smallest absolute Gasteiger partial charge is 0.266 e. The molecule has 0 aliphatic rings. The van der Waals surface area contributed by atoms with Gasteiger partial charge < -0.3 is 0 Å². The highest BCUT2D eigenvalue weighted by Gasteiger charge is 2.17. The van der Waals surface area contributed by atoms with Crippen molar-refractivity contribution in [2.75, 3.05) is 0 Å². The molecule has 130 valence electrons. The molecule has 0 aliphatic carbocycles. The molecule has 26 heavy (non-hydrogen) atoms. The van der Waals surface area contributed by atoms with Crippen LogP contribution in [0, 0.1) is 5.82 Å². The van der Waals surface area contributed by atoms with Crippen LogP contribution in [0.3, 0.4) is 0 Å². The molecule has 2 aromatic heterocycles. The van der Waals surface area contributed by atoms with Crippen LogP contribution in [-0.2, 0) is 5.75 Å². The molecule has 0 saturated heterocycles. The average Bonchev–Trinajstić information content (AvgIpc) is 3.06. The van der Waals surface area contributed by atoms with Gasteiger partial charge in [-0.2, -0.15) is 0 Å². The van der Waals surface area contributed by atoms with E-state index in [0.717, 1.165) is 11.5 Å².